The highest BCUT2D eigenvalue weighted by molar-refractivity contribution is 14.1. The van der Waals surface area contributed by atoms with E-state index < -0.39 is 0 Å². The molecule has 0 aromatic carbocycles. The zero-order valence-corrected chi connectivity index (χ0v) is 14.8. The zero-order chi connectivity index (χ0) is 15.6. The summed E-state index contributed by atoms with van der Waals surface area (Å²) in [6, 6.07) is 6.18. The summed E-state index contributed by atoms with van der Waals surface area (Å²) >= 11 is 3.76. The molecule has 8 heteroatoms. The van der Waals surface area contributed by atoms with E-state index in [1.165, 1.54) is 0 Å². The van der Waals surface area contributed by atoms with Gasteiger partial charge in [-0.3, -0.25) is 4.98 Å². The van der Waals surface area contributed by atoms with Gasteiger partial charge in [0.2, 0.25) is 0 Å². The summed E-state index contributed by atoms with van der Waals surface area (Å²) in [4.78, 5) is 20.4. The molecule has 0 spiro atoms. The van der Waals surface area contributed by atoms with Crippen LogP contribution in [-0.2, 0) is 6.54 Å². The molecule has 0 amide bonds. The van der Waals surface area contributed by atoms with Gasteiger partial charge in [0.05, 0.1) is 12.0 Å². The Morgan fingerprint density at radius 1 is 1.17 bits per heavy atom. The largest absolute Gasteiger partial charge is 0.364 e. The van der Waals surface area contributed by atoms with E-state index in [9.17, 15) is 0 Å². The molecule has 0 radical (unpaired) electrons. The van der Waals surface area contributed by atoms with E-state index in [0.717, 1.165) is 28.2 Å². The number of anilines is 1. The molecule has 0 unspecified atom stereocenters. The molecule has 0 fully saturated rings. The van der Waals surface area contributed by atoms with Crippen LogP contribution < -0.4 is 5.32 Å². The predicted molar refractivity (Wildman–Crippen MR) is 99.3 cm³/mol. The zero-order valence-electron chi connectivity index (χ0n) is 11.8. The highest BCUT2D eigenvalue weighted by Gasteiger charge is 2.08. The Labute approximate surface area is 149 Å². The van der Waals surface area contributed by atoms with Gasteiger partial charge in [-0.2, -0.15) is 11.3 Å². The SMILES string of the molecule is Ic1nc(NCc2ccc(-c3ccsc3)nc2)c2[nH]cnc2n1. The van der Waals surface area contributed by atoms with Gasteiger partial charge < -0.3 is 10.3 Å². The third kappa shape index (κ3) is 3.04. The number of nitrogens with zero attached hydrogens (tertiary/aromatic N) is 4. The van der Waals surface area contributed by atoms with Crippen LogP contribution in [0.2, 0.25) is 0 Å². The van der Waals surface area contributed by atoms with Crippen molar-refractivity contribution in [2.75, 3.05) is 5.32 Å². The fourth-order valence-electron chi connectivity index (χ4n) is 2.23. The van der Waals surface area contributed by atoms with Crippen LogP contribution in [0.1, 0.15) is 5.56 Å². The second-order valence-electron chi connectivity index (χ2n) is 4.86. The second kappa shape index (κ2) is 6.20. The molecular formula is C15H11IN6S. The van der Waals surface area contributed by atoms with Crippen LogP contribution in [0, 0.1) is 3.83 Å². The Morgan fingerprint density at radius 2 is 2.13 bits per heavy atom. The lowest BCUT2D eigenvalue weighted by Crippen LogP contribution is -2.04. The molecule has 0 bridgehead atoms. The van der Waals surface area contributed by atoms with E-state index in [0.29, 0.717) is 16.0 Å². The molecule has 4 aromatic rings. The highest BCUT2D eigenvalue weighted by atomic mass is 127. The standard InChI is InChI=1S/C15H11IN6S/c16-15-21-13(12-14(22-15)20-8-19-12)18-6-9-1-2-11(17-5-9)10-3-4-23-7-10/h1-5,7-8H,6H2,(H2,18,19,20,21,22). The Kier molecular flexibility index (Phi) is 3.92. The van der Waals surface area contributed by atoms with Crippen molar-refractivity contribution in [1.82, 2.24) is 24.9 Å². The van der Waals surface area contributed by atoms with Crippen molar-refractivity contribution in [2.24, 2.45) is 0 Å². The van der Waals surface area contributed by atoms with Gasteiger partial charge in [-0.25, -0.2) is 15.0 Å². The molecular weight excluding hydrogens is 423 g/mol. The van der Waals surface area contributed by atoms with Crippen LogP contribution >= 0.6 is 33.9 Å². The summed E-state index contributed by atoms with van der Waals surface area (Å²) in [5.41, 5.74) is 4.71. The minimum Gasteiger partial charge on any atom is -0.364 e. The number of imidazole rings is 1. The lowest BCUT2D eigenvalue weighted by Gasteiger charge is -2.07. The lowest BCUT2D eigenvalue weighted by molar-refractivity contribution is 1.06. The van der Waals surface area contributed by atoms with E-state index in [1.807, 2.05) is 12.3 Å². The van der Waals surface area contributed by atoms with Gasteiger partial charge in [0, 0.05) is 46.3 Å². The van der Waals surface area contributed by atoms with Crippen LogP contribution in [0.5, 0.6) is 0 Å². The van der Waals surface area contributed by atoms with Crippen molar-refractivity contribution >= 4 is 50.9 Å². The smallest absolute Gasteiger partial charge is 0.194 e. The van der Waals surface area contributed by atoms with Crippen molar-refractivity contribution in [3.63, 3.8) is 0 Å². The number of nitrogens with one attached hydrogen (secondary N) is 2. The minimum absolute atomic E-state index is 0.637. The van der Waals surface area contributed by atoms with Gasteiger partial charge in [-0.1, -0.05) is 6.07 Å². The Bertz CT molecular complexity index is 932. The molecule has 114 valence electrons. The number of aromatic nitrogens is 5. The van der Waals surface area contributed by atoms with E-state index in [-0.39, 0.29) is 0 Å². The molecule has 4 rings (SSSR count). The number of H-pyrrole nitrogens is 1. The Morgan fingerprint density at radius 3 is 2.91 bits per heavy atom. The average molecular weight is 434 g/mol. The minimum atomic E-state index is 0.637. The Hall–Kier alpha value is -2.07. The van der Waals surface area contributed by atoms with Crippen molar-refractivity contribution in [2.45, 2.75) is 6.54 Å². The van der Waals surface area contributed by atoms with Gasteiger partial charge in [0.25, 0.3) is 0 Å². The van der Waals surface area contributed by atoms with Gasteiger partial charge in [0.15, 0.2) is 15.3 Å². The average Bonchev–Trinajstić information content (AvgIpc) is 3.24. The van der Waals surface area contributed by atoms with Gasteiger partial charge >= 0.3 is 0 Å². The topological polar surface area (TPSA) is 79.4 Å². The Balaban J connectivity index is 1.53. The molecule has 4 aromatic heterocycles. The fraction of sp³-hybridized carbons (Fsp3) is 0.0667. The quantitative estimate of drug-likeness (QED) is 0.379. The summed E-state index contributed by atoms with van der Waals surface area (Å²) in [7, 11) is 0. The predicted octanol–water partition coefficient (Wildman–Crippen LogP) is 3.69. The van der Waals surface area contributed by atoms with Gasteiger partial charge in [-0.05, 0) is 23.1 Å². The monoisotopic (exact) mass is 434 g/mol. The third-order valence-corrected chi connectivity index (χ3v) is 4.53. The number of aromatic amines is 1. The maximum Gasteiger partial charge on any atom is 0.194 e. The first-order chi connectivity index (χ1) is 11.3. The first-order valence-electron chi connectivity index (χ1n) is 6.87. The van der Waals surface area contributed by atoms with Crippen LogP contribution in [0.15, 0.2) is 41.5 Å². The first-order valence-corrected chi connectivity index (χ1v) is 8.90. The molecule has 0 atom stereocenters. The number of rotatable bonds is 4. The first kappa shape index (κ1) is 14.5. The van der Waals surface area contributed by atoms with Crippen molar-refractivity contribution in [3.8, 4) is 11.3 Å². The molecule has 0 saturated carbocycles. The van der Waals surface area contributed by atoms with E-state index in [4.69, 9.17) is 0 Å². The number of thiophene rings is 1. The molecule has 2 N–H and O–H groups in total. The summed E-state index contributed by atoms with van der Waals surface area (Å²) in [6.45, 7) is 0.637. The van der Waals surface area contributed by atoms with Crippen LogP contribution in [0.4, 0.5) is 5.82 Å². The molecule has 23 heavy (non-hydrogen) atoms. The summed E-state index contributed by atoms with van der Waals surface area (Å²) in [6.07, 6.45) is 3.51. The van der Waals surface area contributed by atoms with Gasteiger partial charge in [0.1, 0.15) is 5.52 Å². The number of fused-ring (bicyclic) bond motifs is 1. The van der Waals surface area contributed by atoms with E-state index >= 15 is 0 Å². The molecule has 0 aliphatic heterocycles. The molecule has 6 nitrogen and oxygen atoms in total. The highest BCUT2D eigenvalue weighted by Crippen LogP contribution is 2.21. The van der Waals surface area contributed by atoms with Crippen molar-refractivity contribution in [1.29, 1.82) is 0 Å². The van der Waals surface area contributed by atoms with Crippen LogP contribution in [0.25, 0.3) is 22.4 Å². The van der Waals surface area contributed by atoms with E-state index in [2.05, 4.69) is 75.7 Å². The summed E-state index contributed by atoms with van der Waals surface area (Å²) < 4.78 is 0.663. The van der Waals surface area contributed by atoms with E-state index in [1.54, 1.807) is 17.7 Å². The van der Waals surface area contributed by atoms with Crippen LogP contribution in [-0.4, -0.2) is 24.9 Å². The van der Waals surface area contributed by atoms with Crippen molar-refractivity contribution in [3.05, 3.63) is 50.9 Å². The second-order valence-corrected chi connectivity index (χ2v) is 6.60. The number of halogens is 1. The molecule has 0 aliphatic carbocycles. The molecule has 4 heterocycles. The molecule has 0 saturated heterocycles. The number of pyridine rings is 1. The third-order valence-electron chi connectivity index (χ3n) is 3.36. The normalized spacial score (nSPS) is 11.0. The maximum atomic E-state index is 4.52. The number of hydrogen-bond donors (Lipinski definition) is 2. The summed E-state index contributed by atoms with van der Waals surface area (Å²) in [5, 5.41) is 7.47. The lowest BCUT2D eigenvalue weighted by atomic mass is 10.2. The maximum absolute atomic E-state index is 4.52. The van der Waals surface area contributed by atoms with Gasteiger partial charge in [-0.15, -0.1) is 0 Å². The van der Waals surface area contributed by atoms with Crippen molar-refractivity contribution < 1.29 is 0 Å². The molecule has 0 aliphatic rings. The number of hydrogen-bond acceptors (Lipinski definition) is 6. The van der Waals surface area contributed by atoms with Crippen LogP contribution in [0.3, 0.4) is 0 Å². The summed E-state index contributed by atoms with van der Waals surface area (Å²) in [5.74, 6) is 0.749. The fourth-order valence-corrected chi connectivity index (χ4v) is 3.35.